The smallest absolute Gasteiger partial charge is 0.253 e. The molecule has 0 spiro atoms. The molecule has 0 aliphatic heterocycles. The number of nitrogens with one attached hydrogen (secondary N) is 1. The molecule has 5 nitrogen and oxygen atoms in total. The summed E-state index contributed by atoms with van der Waals surface area (Å²) >= 11 is 0. The van der Waals surface area contributed by atoms with E-state index in [1.165, 1.54) is 6.20 Å². The van der Waals surface area contributed by atoms with Crippen LogP contribution < -0.4 is 11.1 Å². The van der Waals surface area contributed by atoms with Crippen LogP contribution in [0.1, 0.15) is 17.3 Å². The van der Waals surface area contributed by atoms with E-state index in [0.29, 0.717) is 11.3 Å². The highest BCUT2D eigenvalue weighted by Crippen LogP contribution is 2.08. The van der Waals surface area contributed by atoms with Gasteiger partial charge in [0.05, 0.1) is 17.4 Å². The quantitative estimate of drug-likeness (QED) is 0.771. The Kier molecular flexibility index (Phi) is 4.25. The van der Waals surface area contributed by atoms with Crippen molar-refractivity contribution in [3.05, 3.63) is 24.0 Å². The van der Waals surface area contributed by atoms with Crippen LogP contribution >= 0.6 is 0 Å². The number of amides is 1. The molecule has 0 radical (unpaired) electrons. The molecule has 1 aromatic heterocycles. The van der Waals surface area contributed by atoms with E-state index in [1.807, 2.05) is 25.9 Å². The number of nitrogen functional groups attached to an aromatic ring is 1. The molecule has 1 aromatic rings. The maximum Gasteiger partial charge on any atom is 0.253 e. The lowest BCUT2D eigenvalue weighted by Gasteiger charge is -2.18. The molecule has 1 unspecified atom stereocenters. The normalized spacial score (nSPS) is 12.5. The van der Waals surface area contributed by atoms with Gasteiger partial charge in [0, 0.05) is 18.8 Å². The first-order valence-electron chi connectivity index (χ1n) is 5.15. The van der Waals surface area contributed by atoms with Crippen molar-refractivity contribution in [3.63, 3.8) is 0 Å². The molecule has 0 saturated heterocycles. The van der Waals surface area contributed by atoms with Gasteiger partial charge in [-0.3, -0.25) is 9.78 Å². The van der Waals surface area contributed by atoms with E-state index in [0.717, 1.165) is 6.54 Å². The van der Waals surface area contributed by atoms with E-state index in [9.17, 15) is 4.79 Å². The Balaban J connectivity index is 2.63. The van der Waals surface area contributed by atoms with Crippen molar-refractivity contribution >= 4 is 11.6 Å². The fourth-order valence-electron chi connectivity index (χ4n) is 1.51. The minimum Gasteiger partial charge on any atom is -0.397 e. The van der Waals surface area contributed by atoms with Crippen molar-refractivity contribution in [2.75, 3.05) is 26.4 Å². The molecule has 0 aliphatic rings. The first kappa shape index (κ1) is 12.4. The van der Waals surface area contributed by atoms with Gasteiger partial charge in [-0.05, 0) is 27.1 Å². The van der Waals surface area contributed by atoms with Gasteiger partial charge in [-0.2, -0.15) is 0 Å². The second-order valence-electron chi connectivity index (χ2n) is 4.10. The highest BCUT2D eigenvalue weighted by atomic mass is 16.1. The minimum absolute atomic E-state index is 0.0788. The number of hydrogen-bond acceptors (Lipinski definition) is 4. The SMILES string of the molecule is CC(CN(C)C)NC(=O)c1ccncc1N. The lowest BCUT2D eigenvalue weighted by molar-refractivity contribution is 0.0935. The summed E-state index contributed by atoms with van der Waals surface area (Å²) < 4.78 is 0. The predicted octanol–water partition coefficient (Wildman–Crippen LogP) is 0.344. The van der Waals surface area contributed by atoms with E-state index in [1.54, 1.807) is 12.3 Å². The number of hydrogen-bond donors (Lipinski definition) is 2. The van der Waals surface area contributed by atoms with Gasteiger partial charge in [0.15, 0.2) is 0 Å². The monoisotopic (exact) mass is 222 g/mol. The largest absolute Gasteiger partial charge is 0.397 e. The van der Waals surface area contributed by atoms with Crippen molar-refractivity contribution in [2.24, 2.45) is 0 Å². The Morgan fingerprint density at radius 2 is 2.31 bits per heavy atom. The summed E-state index contributed by atoms with van der Waals surface area (Å²) in [4.78, 5) is 17.7. The average molecular weight is 222 g/mol. The third-order valence-corrected chi connectivity index (χ3v) is 2.11. The van der Waals surface area contributed by atoms with Gasteiger partial charge in [-0.25, -0.2) is 0 Å². The van der Waals surface area contributed by atoms with E-state index in [-0.39, 0.29) is 11.9 Å². The third kappa shape index (κ3) is 3.51. The summed E-state index contributed by atoms with van der Waals surface area (Å²) in [6.45, 7) is 2.74. The van der Waals surface area contributed by atoms with Crippen LogP contribution in [-0.4, -0.2) is 42.5 Å². The van der Waals surface area contributed by atoms with Gasteiger partial charge in [0.25, 0.3) is 5.91 Å². The molecule has 1 heterocycles. The maximum atomic E-state index is 11.8. The Labute approximate surface area is 95.7 Å². The maximum absolute atomic E-state index is 11.8. The molecule has 3 N–H and O–H groups in total. The van der Waals surface area contributed by atoms with Crippen molar-refractivity contribution in [2.45, 2.75) is 13.0 Å². The van der Waals surface area contributed by atoms with Gasteiger partial charge in [-0.15, -0.1) is 0 Å². The number of likely N-dealkylation sites (N-methyl/N-ethyl adjacent to an activating group) is 1. The van der Waals surface area contributed by atoms with Gasteiger partial charge in [0.1, 0.15) is 0 Å². The number of pyridine rings is 1. The molecule has 0 aromatic carbocycles. The Morgan fingerprint density at radius 3 is 2.88 bits per heavy atom. The molecule has 0 bridgehead atoms. The number of nitrogens with zero attached hydrogens (tertiary/aromatic N) is 2. The van der Waals surface area contributed by atoms with Gasteiger partial charge < -0.3 is 16.0 Å². The Bertz CT molecular complexity index is 365. The summed E-state index contributed by atoms with van der Waals surface area (Å²) in [6, 6.07) is 1.70. The van der Waals surface area contributed by atoms with Gasteiger partial charge in [0.2, 0.25) is 0 Å². The van der Waals surface area contributed by atoms with Crippen molar-refractivity contribution in [3.8, 4) is 0 Å². The Hall–Kier alpha value is -1.62. The van der Waals surface area contributed by atoms with Crippen LogP contribution in [0.4, 0.5) is 5.69 Å². The molecule has 5 heteroatoms. The van der Waals surface area contributed by atoms with E-state index >= 15 is 0 Å². The lowest BCUT2D eigenvalue weighted by Crippen LogP contribution is -2.39. The third-order valence-electron chi connectivity index (χ3n) is 2.11. The minimum atomic E-state index is -0.158. The van der Waals surface area contributed by atoms with Crippen molar-refractivity contribution < 1.29 is 4.79 Å². The van der Waals surface area contributed by atoms with Crippen LogP contribution in [0.3, 0.4) is 0 Å². The average Bonchev–Trinajstić information content (AvgIpc) is 2.16. The molecular weight excluding hydrogens is 204 g/mol. The molecule has 1 rings (SSSR count). The standard InChI is InChI=1S/C11H18N4O/c1-8(7-15(2)3)14-11(16)9-4-5-13-6-10(9)12/h4-6,8H,7,12H2,1-3H3,(H,14,16). The number of carbonyl (C=O) groups excluding carboxylic acids is 1. The number of anilines is 1. The number of aromatic nitrogens is 1. The molecule has 1 atom stereocenters. The van der Waals surface area contributed by atoms with Crippen LogP contribution in [0.2, 0.25) is 0 Å². The number of rotatable bonds is 4. The Morgan fingerprint density at radius 1 is 1.62 bits per heavy atom. The van der Waals surface area contributed by atoms with E-state index in [4.69, 9.17) is 5.73 Å². The number of carbonyl (C=O) groups is 1. The summed E-state index contributed by atoms with van der Waals surface area (Å²) in [6.07, 6.45) is 3.04. The molecule has 0 saturated carbocycles. The highest BCUT2D eigenvalue weighted by Gasteiger charge is 2.12. The molecule has 1 amide bonds. The molecule has 16 heavy (non-hydrogen) atoms. The molecule has 0 fully saturated rings. The number of nitrogens with two attached hydrogens (primary N) is 1. The second kappa shape index (κ2) is 5.46. The van der Waals surface area contributed by atoms with Crippen molar-refractivity contribution in [1.82, 2.24) is 15.2 Å². The first-order valence-corrected chi connectivity index (χ1v) is 5.15. The molecule has 88 valence electrons. The first-order chi connectivity index (χ1) is 7.50. The lowest BCUT2D eigenvalue weighted by atomic mass is 10.2. The summed E-state index contributed by atoms with van der Waals surface area (Å²) in [5.41, 5.74) is 6.54. The summed E-state index contributed by atoms with van der Waals surface area (Å²) in [7, 11) is 3.92. The van der Waals surface area contributed by atoms with E-state index in [2.05, 4.69) is 10.3 Å². The van der Waals surface area contributed by atoms with Gasteiger partial charge in [-0.1, -0.05) is 0 Å². The van der Waals surface area contributed by atoms with Crippen molar-refractivity contribution in [1.29, 1.82) is 0 Å². The topological polar surface area (TPSA) is 71.2 Å². The van der Waals surface area contributed by atoms with Crippen LogP contribution in [0.15, 0.2) is 18.5 Å². The summed E-state index contributed by atoms with van der Waals surface area (Å²) in [5, 5.41) is 2.88. The zero-order valence-electron chi connectivity index (χ0n) is 9.90. The second-order valence-corrected chi connectivity index (χ2v) is 4.10. The van der Waals surface area contributed by atoms with E-state index < -0.39 is 0 Å². The van der Waals surface area contributed by atoms with Crippen LogP contribution in [0.5, 0.6) is 0 Å². The van der Waals surface area contributed by atoms with Crippen LogP contribution in [-0.2, 0) is 0 Å². The molecule has 0 aliphatic carbocycles. The molecular formula is C11H18N4O. The summed E-state index contributed by atoms with van der Waals surface area (Å²) in [5.74, 6) is -0.158. The van der Waals surface area contributed by atoms with Crippen LogP contribution in [0, 0.1) is 0 Å². The zero-order valence-corrected chi connectivity index (χ0v) is 9.90. The highest BCUT2D eigenvalue weighted by molar-refractivity contribution is 5.98. The zero-order chi connectivity index (χ0) is 12.1. The predicted molar refractivity (Wildman–Crippen MR) is 64.1 cm³/mol. The van der Waals surface area contributed by atoms with Gasteiger partial charge >= 0.3 is 0 Å². The fraction of sp³-hybridized carbons (Fsp3) is 0.455. The van der Waals surface area contributed by atoms with Crippen LogP contribution in [0.25, 0.3) is 0 Å². The fourth-order valence-corrected chi connectivity index (χ4v) is 1.51.